The summed E-state index contributed by atoms with van der Waals surface area (Å²) in [5, 5.41) is 18.3. The van der Waals surface area contributed by atoms with Crippen molar-refractivity contribution in [2.24, 2.45) is 10.2 Å². The second kappa shape index (κ2) is 4.89. The molecule has 1 N–H and O–H groups in total. The van der Waals surface area contributed by atoms with Gasteiger partial charge in [0.15, 0.2) is 22.2 Å². The fourth-order valence-corrected chi connectivity index (χ4v) is 2.18. The van der Waals surface area contributed by atoms with Crippen LogP contribution >= 0.6 is 11.5 Å². The highest BCUT2D eigenvalue weighted by atomic mass is 32.1. The molecule has 6 nitrogen and oxygen atoms in total. The third-order valence-corrected chi connectivity index (χ3v) is 3.26. The molecule has 100 valence electrons. The van der Waals surface area contributed by atoms with Crippen molar-refractivity contribution in [2.75, 3.05) is 0 Å². The Bertz CT molecular complexity index is 817. The number of hydrogen-bond acceptors (Lipinski definition) is 7. The van der Waals surface area contributed by atoms with E-state index in [1.807, 2.05) is 0 Å². The number of benzene rings is 1. The van der Waals surface area contributed by atoms with E-state index in [-0.39, 0.29) is 0 Å². The Labute approximate surface area is 116 Å². The summed E-state index contributed by atoms with van der Waals surface area (Å²) in [6, 6.07) is 3.79. The average molecular weight is 289 g/mol. The van der Waals surface area contributed by atoms with Gasteiger partial charge in [-0.15, -0.1) is 10.2 Å². The molecule has 0 radical (unpaired) electrons. The number of phenols is 1. The number of fused-ring (bicyclic) bond motifs is 1. The lowest BCUT2D eigenvalue weighted by molar-refractivity contribution is 0.432. The number of rotatable bonds is 2. The van der Waals surface area contributed by atoms with Crippen molar-refractivity contribution in [1.82, 2.24) is 14.3 Å². The summed E-state index contributed by atoms with van der Waals surface area (Å²) in [4.78, 5) is 8.25. The third kappa shape index (κ3) is 2.32. The molecule has 0 atom stereocenters. The molecule has 20 heavy (non-hydrogen) atoms. The van der Waals surface area contributed by atoms with Gasteiger partial charge in [-0.25, -0.2) is 14.4 Å². The van der Waals surface area contributed by atoms with E-state index in [1.54, 1.807) is 13.1 Å². The summed E-state index contributed by atoms with van der Waals surface area (Å²) in [6.07, 6.45) is 1.63. The van der Waals surface area contributed by atoms with Crippen molar-refractivity contribution >= 4 is 33.3 Å². The number of azo groups is 1. The van der Waals surface area contributed by atoms with E-state index in [0.717, 1.165) is 17.6 Å². The Hall–Kier alpha value is -2.48. The number of nitrogens with zero attached hydrogens (tertiary/aromatic N) is 5. The molecule has 1 aromatic carbocycles. The molecule has 2 aromatic heterocycles. The predicted octanol–water partition coefficient (Wildman–Crippen LogP) is 3.65. The molecular weight excluding hydrogens is 281 g/mol. The molecule has 0 saturated heterocycles. The number of aromatic nitrogens is 3. The number of aromatic hydroxyl groups is 1. The second-order valence-corrected chi connectivity index (χ2v) is 4.73. The van der Waals surface area contributed by atoms with Gasteiger partial charge in [0.2, 0.25) is 0 Å². The molecular formula is C12H8FN5OS. The van der Waals surface area contributed by atoms with Crippen molar-refractivity contribution in [3.63, 3.8) is 0 Å². The number of aryl methyl sites for hydroxylation is 1. The number of phenolic OH excluding ortho intramolecular Hbond substituents is 1. The van der Waals surface area contributed by atoms with Gasteiger partial charge in [-0.2, -0.15) is 4.37 Å². The smallest absolute Gasteiger partial charge is 0.178 e. The van der Waals surface area contributed by atoms with Gasteiger partial charge in [-0.1, -0.05) is 0 Å². The summed E-state index contributed by atoms with van der Waals surface area (Å²) < 4.78 is 17.3. The maximum absolute atomic E-state index is 13.2. The topological polar surface area (TPSA) is 83.6 Å². The standard InChI is InChI=1S/C12H8FN5OS/c1-6-14-5-8-11(15-6)18-20-12(8)17-16-7-2-3-10(19)9(13)4-7/h2-5,19H,1H3. The summed E-state index contributed by atoms with van der Waals surface area (Å²) in [7, 11) is 0. The summed E-state index contributed by atoms with van der Waals surface area (Å²) in [5.41, 5.74) is 0.864. The van der Waals surface area contributed by atoms with Crippen LogP contribution in [0.2, 0.25) is 0 Å². The third-order valence-electron chi connectivity index (χ3n) is 2.53. The van der Waals surface area contributed by atoms with Gasteiger partial charge in [0.1, 0.15) is 5.82 Å². The molecule has 0 spiro atoms. The molecule has 0 amide bonds. The zero-order chi connectivity index (χ0) is 14.1. The van der Waals surface area contributed by atoms with E-state index in [1.165, 1.54) is 12.1 Å². The van der Waals surface area contributed by atoms with Gasteiger partial charge in [0, 0.05) is 12.3 Å². The van der Waals surface area contributed by atoms with Crippen LogP contribution in [0.15, 0.2) is 34.6 Å². The highest BCUT2D eigenvalue weighted by Gasteiger charge is 2.07. The molecule has 0 aliphatic carbocycles. The lowest BCUT2D eigenvalue weighted by atomic mass is 10.3. The van der Waals surface area contributed by atoms with Crippen LogP contribution in [0.5, 0.6) is 5.75 Å². The molecule has 0 bridgehead atoms. The van der Waals surface area contributed by atoms with Crippen LogP contribution in [0.25, 0.3) is 11.0 Å². The summed E-state index contributed by atoms with van der Waals surface area (Å²) in [6.45, 7) is 1.78. The Morgan fingerprint density at radius 1 is 1.30 bits per heavy atom. The lowest BCUT2D eigenvalue weighted by Crippen LogP contribution is -1.85. The largest absolute Gasteiger partial charge is 0.505 e. The van der Waals surface area contributed by atoms with Crippen LogP contribution in [0.4, 0.5) is 15.1 Å². The quantitative estimate of drug-likeness (QED) is 0.730. The van der Waals surface area contributed by atoms with Crippen LogP contribution in [0.3, 0.4) is 0 Å². The fraction of sp³-hybridized carbons (Fsp3) is 0.0833. The van der Waals surface area contributed by atoms with Crippen molar-refractivity contribution in [1.29, 1.82) is 0 Å². The first-order chi connectivity index (χ1) is 9.63. The van der Waals surface area contributed by atoms with Crippen LogP contribution in [-0.2, 0) is 0 Å². The molecule has 8 heteroatoms. The van der Waals surface area contributed by atoms with E-state index in [2.05, 4.69) is 24.6 Å². The minimum atomic E-state index is -0.741. The van der Waals surface area contributed by atoms with Gasteiger partial charge in [-0.05, 0) is 30.6 Å². The maximum atomic E-state index is 13.2. The van der Waals surface area contributed by atoms with Crippen LogP contribution in [0.1, 0.15) is 5.82 Å². The molecule has 0 saturated carbocycles. The van der Waals surface area contributed by atoms with Crippen molar-refractivity contribution < 1.29 is 9.50 Å². The maximum Gasteiger partial charge on any atom is 0.178 e. The minimum Gasteiger partial charge on any atom is -0.505 e. The zero-order valence-corrected chi connectivity index (χ0v) is 11.1. The Kier molecular flexibility index (Phi) is 3.07. The Balaban J connectivity index is 1.96. The molecule has 0 aliphatic rings. The van der Waals surface area contributed by atoms with E-state index in [4.69, 9.17) is 5.11 Å². The average Bonchev–Trinajstić information content (AvgIpc) is 2.82. The van der Waals surface area contributed by atoms with E-state index in [0.29, 0.717) is 27.5 Å². The molecule has 0 fully saturated rings. The van der Waals surface area contributed by atoms with Gasteiger partial charge < -0.3 is 5.11 Å². The zero-order valence-electron chi connectivity index (χ0n) is 10.3. The summed E-state index contributed by atoms with van der Waals surface area (Å²) in [5.74, 6) is -0.530. The second-order valence-electron chi connectivity index (χ2n) is 3.98. The van der Waals surface area contributed by atoms with Gasteiger partial charge in [-0.3, -0.25) is 0 Å². The monoisotopic (exact) mass is 289 g/mol. The molecule has 3 aromatic rings. The van der Waals surface area contributed by atoms with Crippen LogP contribution < -0.4 is 0 Å². The minimum absolute atomic E-state index is 0.301. The first-order valence-corrected chi connectivity index (χ1v) is 6.40. The van der Waals surface area contributed by atoms with E-state index < -0.39 is 11.6 Å². The molecule has 2 heterocycles. The normalized spacial score (nSPS) is 11.5. The van der Waals surface area contributed by atoms with Gasteiger partial charge >= 0.3 is 0 Å². The molecule has 0 unspecified atom stereocenters. The number of halogens is 1. The van der Waals surface area contributed by atoms with Crippen LogP contribution in [0, 0.1) is 12.7 Å². The van der Waals surface area contributed by atoms with Crippen LogP contribution in [-0.4, -0.2) is 19.4 Å². The fourth-order valence-electron chi connectivity index (χ4n) is 1.55. The van der Waals surface area contributed by atoms with Crippen molar-refractivity contribution in [2.45, 2.75) is 6.92 Å². The van der Waals surface area contributed by atoms with Gasteiger partial charge in [0.25, 0.3) is 0 Å². The first-order valence-electron chi connectivity index (χ1n) is 5.63. The lowest BCUT2D eigenvalue weighted by Gasteiger charge is -1.95. The SMILES string of the molecule is Cc1ncc2c(N=Nc3ccc(O)c(F)c3)snc2n1. The molecule has 3 rings (SSSR count). The number of hydrogen-bond donors (Lipinski definition) is 1. The Morgan fingerprint density at radius 2 is 2.15 bits per heavy atom. The highest BCUT2D eigenvalue weighted by molar-refractivity contribution is 7.11. The van der Waals surface area contributed by atoms with Crippen molar-refractivity contribution in [3.05, 3.63) is 36.0 Å². The van der Waals surface area contributed by atoms with E-state index in [9.17, 15) is 4.39 Å². The Morgan fingerprint density at radius 3 is 2.95 bits per heavy atom. The summed E-state index contributed by atoms with van der Waals surface area (Å²) >= 11 is 1.14. The van der Waals surface area contributed by atoms with E-state index >= 15 is 0 Å². The molecule has 0 aliphatic heterocycles. The first kappa shape index (κ1) is 12.5. The highest BCUT2D eigenvalue weighted by Crippen LogP contribution is 2.31. The van der Waals surface area contributed by atoms with Gasteiger partial charge in [0.05, 0.1) is 11.1 Å². The predicted molar refractivity (Wildman–Crippen MR) is 72.2 cm³/mol. The van der Waals surface area contributed by atoms with Crippen molar-refractivity contribution in [3.8, 4) is 5.75 Å².